The van der Waals surface area contributed by atoms with Crippen LogP contribution >= 0.6 is 0 Å². The van der Waals surface area contributed by atoms with Crippen LogP contribution in [0.3, 0.4) is 0 Å². The van der Waals surface area contributed by atoms with Crippen LogP contribution < -0.4 is 5.32 Å². The van der Waals surface area contributed by atoms with Crippen molar-refractivity contribution in [1.29, 1.82) is 0 Å². The van der Waals surface area contributed by atoms with Crippen LogP contribution in [-0.4, -0.2) is 17.4 Å². The number of pyridine rings is 1. The molecule has 0 saturated heterocycles. The van der Waals surface area contributed by atoms with Gasteiger partial charge in [0.25, 0.3) is 5.91 Å². The molecule has 1 aliphatic rings. The molecule has 1 aromatic heterocycles. The molecule has 0 aliphatic heterocycles. The molecule has 0 spiro atoms. The average Bonchev–Trinajstić information content (AvgIpc) is 3.10. The maximum atomic E-state index is 11.7. The molecule has 0 radical (unpaired) electrons. The second-order valence-corrected chi connectivity index (χ2v) is 4.85. The van der Waals surface area contributed by atoms with Gasteiger partial charge in [0, 0.05) is 24.4 Å². The Bertz CT molecular complexity index is 366. The van der Waals surface area contributed by atoms with Crippen molar-refractivity contribution in [2.75, 3.05) is 6.54 Å². The molecule has 3 nitrogen and oxygen atoms in total. The third-order valence-electron chi connectivity index (χ3n) is 2.72. The highest BCUT2D eigenvalue weighted by atomic mass is 16.1. The Morgan fingerprint density at radius 2 is 2.25 bits per heavy atom. The number of hydrogen-bond donors (Lipinski definition) is 1. The molecule has 1 amide bonds. The van der Waals surface area contributed by atoms with Crippen LogP contribution in [0.15, 0.2) is 18.3 Å². The molecule has 3 heteroatoms. The topological polar surface area (TPSA) is 42.0 Å². The molecule has 1 aromatic rings. The van der Waals surface area contributed by atoms with E-state index in [4.69, 9.17) is 0 Å². The minimum absolute atomic E-state index is 0.0245. The zero-order chi connectivity index (χ0) is 11.5. The van der Waals surface area contributed by atoms with Gasteiger partial charge >= 0.3 is 0 Å². The average molecular weight is 218 g/mol. The van der Waals surface area contributed by atoms with E-state index in [2.05, 4.69) is 24.1 Å². The molecule has 1 fully saturated rings. The van der Waals surface area contributed by atoms with Crippen molar-refractivity contribution >= 4 is 5.91 Å². The molecule has 1 N–H and O–H groups in total. The summed E-state index contributed by atoms with van der Waals surface area (Å²) in [6.45, 7) is 4.87. The van der Waals surface area contributed by atoms with E-state index in [-0.39, 0.29) is 5.91 Å². The Hall–Kier alpha value is -1.38. The van der Waals surface area contributed by atoms with Gasteiger partial charge in [-0.1, -0.05) is 13.8 Å². The number of amides is 1. The van der Waals surface area contributed by atoms with Gasteiger partial charge in [-0.05, 0) is 30.9 Å². The molecular weight excluding hydrogens is 200 g/mol. The number of nitrogens with zero attached hydrogens (tertiary/aromatic N) is 1. The van der Waals surface area contributed by atoms with Gasteiger partial charge in [0.1, 0.15) is 0 Å². The van der Waals surface area contributed by atoms with Crippen LogP contribution in [0.1, 0.15) is 48.7 Å². The number of carbonyl (C=O) groups excluding carboxylic acids is 1. The maximum Gasteiger partial charge on any atom is 0.252 e. The predicted molar refractivity (Wildman–Crippen MR) is 63.4 cm³/mol. The zero-order valence-corrected chi connectivity index (χ0v) is 9.86. The first kappa shape index (κ1) is 11.1. The first-order chi connectivity index (χ1) is 7.66. The Morgan fingerprint density at radius 3 is 2.75 bits per heavy atom. The minimum Gasteiger partial charge on any atom is -0.352 e. The van der Waals surface area contributed by atoms with Crippen molar-refractivity contribution in [3.63, 3.8) is 0 Å². The van der Waals surface area contributed by atoms with Crippen molar-refractivity contribution in [3.05, 3.63) is 29.6 Å². The summed E-state index contributed by atoms with van der Waals surface area (Å²) in [7, 11) is 0. The summed E-state index contributed by atoms with van der Waals surface area (Å²) in [6, 6.07) is 3.85. The molecule has 1 aliphatic carbocycles. The van der Waals surface area contributed by atoms with E-state index in [0.717, 1.165) is 5.69 Å². The van der Waals surface area contributed by atoms with E-state index in [1.807, 2.05) is 12.1 Å². The van der Waals surface area contributed by atoms with Crippen LogP contribution in [0.2, 0.25) is 0 Å². The smallest absolute Gasteiger partial charge is 0.252 e. The van der Waals surface area contributed by atoms with Crippen LogP contribution in [0.4, 0.5) is 0 Å². The summed E-state index contributed by atoms with van der Waals surface area (Å²) in [5.41, 5.74) is 1.78. The van der Waals surface area contributed by atoms with Crippen molar-refractivity contribution in [2.45, 2.75) is 32.6 Å². The first-order valence-electron chi connectivity index (χ1n) is 5.91. The third kappa shape index (κ3) is 2.81. The Kier molecular flexibility index (Phi) is 3.22. The van der Waals surface area contributed by atoms with Gasteiger partial charge in [-0.25, -0.2) is 0 Å². The summed E-state index contributed by atoms with van der Waals surface area (Å²) in [5.74, 6) is 1.10. The lowest BCUT2D eigenvalue weighted by atomic mass is 10.2. The maximum absolute atomic E-state index is 11.7. The lowest BCUT2D eigenvalue weighted by Crippen LogP contribution is -2.27. The van der Waals surface area contributed by atoms with E-state index >= 15 is 0 Å². The fraction of sp³-hybridized carbons (Fsp3) is 0.538. The van der Waals surface area contributed by atoms with Gasteiger partial charge in [-0.2, -0.15) is 0 Å². The fourth-order valence-corrected chi connectivity index (χ4v) is 1.56. The van der Waals surface area contributed by atoms with Crippen molar-refractivity contribution in [1.82, 2.24) is 10.3 Å². The standard InChI is InChI=1S/C13H18N2O/c1-9(2)7-15-13(16)11-5-6-12(14-8-11)10-3-4-10/h5-6,8-10H,3-4,7H2,1-2H3,(H,15,16). The Labute approximate surface area is 96.3 Å². The van der Waals surface area contributed by atoms with Gasteiger partial charge in [0.05, 0.1) is 5.56 Å². The van der Waals surface area contributed by atoms with Gasteiger partial charge in [0.2, 0.25) is 0 Å². The van der Waals surface area contributed by atoms with Crippen molar-refractivity contribution in [2.24, 2.45) is 5.92 Å². The van der Waals surface area contributed by atoms with Gasteiger partial charge in [0.15, 0.2) is 0 Å². The number of rotatable bonds is 4. The highest BCUT2D eigenvalue weighted by Gasteiger charge is 2.24. The number of hydrogen-bond acceptors (Lipinski definition) is 2. The van der Waals surface area contributed by atoms with E-state index in [1.165, 1.54) is 12.8 Å². The third-order valence-corrected chi connectivity index (χ3v) is 2.72. The van der Waals surface area contributed by atoms with Crippen LogP contribution in [-0.2, 0) is 0 Å². The van der Waals surface area contributed by atoms with Crippen molar-refractivity contribution in [3.8, 4) is 0 Å². The molecule has 16 heavy (non-hydrogen) atoms. The van der Waals surface area contributed by atoms with Gasteiger partial charge < -0.3 is 5.32 Å². The summed E-state index contributed by atoms with van der Waals surface area (Å²) in [6.07, 6.45) is 4.17. The zero-order valence-electron chi connectivity index (χ0n) is 9.86. The van der Waals surface area contributed by atoms with Crippen LogP contribution in [0.5, 0.6) is 0 Å². The molecule has 1 saturated carbocycles. The monoisotopic (exact) mass is 218 g/mol. The number of carbonyl (C=O) groups is 1. The second kappa shape index (κ2) is 4.64. The fourth-order valence-electron chi connectivity index (χ4n) is 1.56. The Morgan fingerprint density at radius 1 is 1.50 bits per heavy atom. The molecule has 0 unspecified atom stereocenters. The van der Waals surface area contributed by atoms with E-state index in [9.17, 15) is 4.79 Å². The molecule has 0 atom stereocenters. The lowest BCUT2D eigenvalue weighted by Gasteiger charge is -2.07. The first-order valence-corrected chi connectivity index (χ1v) is 5.91. The second-order valence-electron chi connectivity index (χ2n) is 4.85. The SMILES string of the molecule is CC(C)CNC(=O)c1ccc(C2CC2)nc1. The molecule has 86 valence electrons. The summed E-state index contributed by atoms with van der Waals surface area (Å²) in [5, 5.41) is 2.88. The summed E-state index contributed by atoms with van der Waals surface area (Å²) < 4.78 is 0. The van der Waals surface area contributed by atoms with E-state index in [1.54, 1.807) is 6.20 Å². The largest absolute Gasteiger partial charge is 0.352 e. The normalized spacial score (nSPS) is 15.2. The van der Waals surface area contributed by atoms with Crippen LogP contribution in [0, 0.1) is 5.92 Å². The van der Waals surface area contributed by atoms with Crippen LogP contribution in [0.25, 0.3) is 0 Å². The highest BCUT2D eigenvalue weighted by molar-refractivity contribution is 5.93. The minimum atomic E-state index is -0.0245. The quantitative estimate of drug-likeness (QED) is 0.842. The Balaban J connectivity index is 1.95. The summed E-state index contributed by atoms with van der Waals surface area (Å²) >= 11 is 0. The number of nitrogens with one attached hydrogen (secondary N) is 1. The molecule has 0 aromatic carbocycles. The number of aromatic nitrogens is 1. The van der Waals surface area contributed by atoms with Gasteiger partial charge in [-0.15, -0.1) is 0 Å². The predicted octanol–water partition coefficient (Wildman–Crippen LogP) is 2.34. The highest BCUT2D eigenvalue weighted by Crippen LogP contribution is 2.38. The van der Waals surface area contributed by atoms with Crippen molar-refractivity contribution < 1.29 is 4.79 Å². The molecule has 1 heterocycles. The van der Waals surface area contributed by atoms with Gasteiger partial charge in [-0.3, -0.25) is 9.78 Å². The lowest BCUT2D eigenvalue weighted by molar-refractivity contribution is 0.0948. The summed E-state index contributed by atoms with van der Waals surface area (Å²) in [4.78, 5) is 16.0. The van der Waals surface area contributed by atoms with E-state index in [0.29, 0.717) is 23.9 Å². The van der Waals surface area contributed by atoms with E-state index < -0.39 is 0 Å². The molecule has 2 rings (SSSR count). The molecule has 0 bridgehead atoms. The molecular formula is C13H18N2O.